The molecule has 0 amide bonds. The smallest absolute Gasteiger partial charge is 0.118 e. The fourth-order valence-corrected chi connectivity index (χ4v) is 3.59. The van der Waals surface area contributed by atoms with Crippen LogP contribution >= 0.6 is 0 Å². The zero-order valence-corrected chi connectivity index (χ0v) is 18.2. The molecule has 0 aliphatic heterocycles. The second-order valence-electron chi connectivity index (χ2n) is 7.94. The molecule has 0 atom stereocenters. The van der Waals surface area contributed by atoms with Gasteiger partial charge in [-0.15, -0.1) is 0 Å². The van der Waals surface area contributed by atoms with E-state index in [1.165, 1.54) is 95.5 Å². The topological polar surface area (TPSA) is 21.3 Å². The molecule has 1 N–H and O–H groups in total. The SMILES string of the molecule is CCCCCCCCCCCCCCCCNCCc1ccc(OC)cc1. The highest BCUT2D eigenvalue weighted by Gasteiger charge is 1.96. The lowest BCUT2D eigenvalue weighted by Crippen LogP contribution is -2.18. The summed E-state index contributed by atoms with van der Waals surface area (Å²) in [4.78, 5) is 0. The first-order chi connectivity index (χ1) is 13.4. The normalized spacial score (nSPS) is 11.0. The highest BCUT2D eigenvalue weighted by Crippen LogP contribution is 2.13. The molecule has 27 heavy (non-hydrogen) atoms. The predicted molar refractivity (Wildman–Crippen MR) is 120 cm³/mol. The number of methoxy groups -OCH3 is 1. The van der Waals surface area contributed by atoms with Gasteiger partial charge in [-0.1, -0.05) is 103 Å². The molecule has 0 aromatic heterocycles. The standard InChI is InChI=1S/C25H45NO/c1-3-4-5-6-7-8-9-10-11-12-13-14-15-16-22-26-23-21-24-17-19-25(27-2)20-18-24/h17-20,26H,3-16,21-23H2,1-2H3. The molecule has 0 unspecified atom stereocenters. The van der Waals surface area contributed by atoms with Gasteiger partial charge in [0.2, 0.25) is 0 Å². The lowest BCUT2D eigenvalue weighted by Gasteiger charge is -2.06. The monoisotopic (exact) mass is 375 g/mol. The minimum Gasteiger partial charge on any atom is -0.497 e. The second-order valence-corrected chi connectivity index (χ2v) is 7.94. The Morgan fingerprint density at radius 2 is 1.11 bits per heavy atom. The van der Waals surface area contributed by atoms with E-state index in [1.54, 1.807) is 7.11 Å². The van der Waals surface area contributed by atoms with Crippen molar-refractivity contribution in [2.24, 2.45) is 0 Å². The van der Waals surface area contributed by atoms with Gasteiger partial charge in [0, 0.05) is 0 Å². The summed E-state index contributed by atoms with van der Waals surface area (Å²) < 4.78 is 5.19. The third-order valence-electron chi connectivity index (χ3n) is 5.46. The summed E-state index contributed by atoms with van der Waals surface area (Å²) >= 11 is 0. The Bertz CT molecular complexity index is 415. The Hall–Kier alpha value is -1.02. The van der Waals surface area contributed by atoms with Crippen LogP contribution in [0, 0.1) is 0 Å². The molecule has 0 heterocycles. The van der Waals surface area contributed by atoms with Crippen molar-refractivity contribution in [3.8, 4) is 5.75 Å². The lowest BCUT2D eigenvalue weighted by molar-refractivity contribution is 0.414. The first-order valence-corrected chi connectivity index (χ1v) is 11.7. The molecule has 0 aliphatic rings. The Kier molecular flexibility index (Phi) is 16.3. The fourth-order valence-electron chi connectivity index (χ4n) is 3.59. The van der Waals surface area contributed by atoms with E-state index in [0.717, 1.165) is 25.3 Å². The molecular formula is C25H45NO. The fraction of sp³-hybridized carbons (Fsp3) is 0.760. The van der Waals surface area contributed by atoms with Crippen molar-refractivity contribution < 1.29 is 4.74 Å². The third kappa shape index (κ3) is 14.7. The number of benzene rings is 1. The van der Waals surface area contributed by atoms with Crippen LogP contribution in [0.25, 0.3) is 0 Å². The summed E-state index contributed by atoms with van der Waals surface area (Å²) in [6.45, 7) is 4.53. The van der Waals surface area contributed by atoms with Crippen LogP contribution in [-0.2, 0) is 6.42 Å². The van der Waals surface area contributed by atoms with Crippen molar-refractivity contribution in [2.45, 2.75) is 103 Å². The average molecular weight is 376 g/mol. The van der Waals surface area contributed by atoms with E-state index in [9.17, 15) is 0 Å². The number of rotatable bonds is 19. The summed E-state index contributed by atoms with van der Waals surface area (Å²) in [6, 6.07) is 8.41. The quantitative estimate of drug-likeness (QED) is 0.256. The molecule has 0 spiro atoms. The summed E-state index contributed by atoms with van der Waals surface area (Å²) in [5.41, 5.74) is 1.38. The van der Waals surface area contributed by atoms with Crippen molar-refractivity contribution in [1.29, 1.82) is 0 Å². The van der Waals surface area contributed by atoms with Gasteiger partial charge < -0.3 is 10.1 Å². The zero-order chi connectivity index (χ0) is 19.4. The van der Waals surface area contributed by atoms with Crippen molar-refractivity contribution in [3.05, 3.63) is 29.8 Å². The zero-order valence-electron chi connectivity index (χ0n) is 18.2. The maximum absolute atomic E-state index is 5.19. The molecule has 1 aromatic rings. The molecule has 0 aliphatic carbocycles. The van der Waals surface area contributed by atoms with E-state index >= 15 is 0 Å². The number of hydrogen-bond acceptors (Lipinski definition) is 2. The van der Waals surface area contributed by atoms with Crippen LogP contribution in [0.4, 0.5) is 0 Å². The van der Waals surface area contributed by atoms with Gasteiger partial charge in [-0.3, -0.25) is 0 Å². The van der Waals surface area contributed by atoms with Crippen LogP contribution in [0.1, 0.15) is 102 Å². The molecule has 0 fully saturated rings. The maximum atomic E-state index is 5.19. The Labute approximate surface area is 169 Å². The van der Waals surface area contributed by atoms with Crippen molar-refractivity contribution in [1.82, 2.24) is 5.32 Å². The van der Waals surface area contributed by atoms with Crippen LogP contribution in [0.2, 0.25) is 0 Å². The molecule has 2 heteroatoms. The molecule has 0 radical (unpaired) electrons. The van der Waals surface area contributed by atoms with Gasteiger partial charge in [-0.25, -0.2) is 0 Å². The van der Waals surface area contributed by atoms with Gasteiger partial charge in [0.1, 0.15) is 5.75 Å². The van der Waals surface area contributed by atoms with Gasteiger partial charge in [0.15, 0.2) is 0 Å². The van der Waals surface area contributed by atoms with Crippen LogP contribution < -0.4 is 10.1 Å². The van der Waals surface area contributed by atoms with E-state index in [0.29, 0.717) is 0 Å². The molecule has 2 nitrogen and oxygen atoms in total. The van der Waals surface area contributed by atoms with Crippen LogP contribution in [0.15, 0.2) is 24.3 Å². The molecule has 0 saturated heterocycles. The Morgan fingerprint density at radius 1 is 0.630 bits per heavy atom. The van der Waals surface area contributed by atoms with E-state index in [4.69, 9.17) is 4.74 Å². The maximum Gasteiger partial charge on any atom is 0.118 e. The Balaban J connectivity index is 1.75. The van der Waals surface area contributed by atoms with E-state index < -0.39 is 0 Å². The van der Waals surface area contributed by atoms with Crippen LogP contribution in [0.3, 0.4) is 0 Å². The lowest BCUT2D eigenvalue weighted by atomic mass is 10.0. The highest BCUT2D eigenvalue weighted by molar-refractivity contribution is 5.27. The van der Waals surface area contributed by atoms with Gasteiger partial charge in [0.25, 0.3) is 0 Å². The van der Waals surface area contributed by atoms with Crippen LogP contribution in [-0.4, -0.2) is 20.2 Å². The number of ether oxygens (including phenoxy) is 1. The van der Waals surface area contributed by atoms with E-state index in [-0.39, 0.29) is 0 Å². The number of nitrogens with one attached hydrogen (secondary N) is 1. The molecule has 156 valence electrons. The van der Waals surface area contributed by atoms with Crippen molar-refractivity contribution in [3.63, 3.8) is 0 Å². The number of unbranched alkanes of at least 4 members (excludes halogenated alkanes) is 13. The predicted octanol–water partition coefficient (Wildman–Crippen LogP) is 7.31. The summed E-state index contributed by atoms with van der Waals surface area (Å²) in [5, 5.41) is 3.57. The second kappa shape index (κ2) is 18.3. The minimum atomic E-state index is 0.939. The van der Waals surface area contributed by atoms with Gasteiger partial charge >= 0.3 is 0 Å². The first-order valence-electron chi connectivity index (χ1n) is 11.7. The van der Waals surface area contributed by atoms with Gasteiger partial charge in [-0.2, -0.15) is 0 Å². The van der Waals surface area contributed by atoms with Gasteiger partial charge in [-0.05, 0) is 43.6 Å². The average Bonchev–Trinajstić information content (AvgIpc) is 2.70. The largest absolute Gasteiger partial charge is 0.497 e. The van der Waals surface area contributed by atoms with Crippen molar-refractivity contribution in [2.75, 3.05) is 20.2 Å². The first kappa shape index (κ1) is 24.0. The van der Waals surface area contributed by atoms with E-state index in [2.05, 4.69) is 24.4 Å². The van der Waals surface area contributed by atoms with Crippen LogP contribution in [0.5, 0.6) is 5.75 Å². The summed E-state index contributed by atoms with van der Waals surface area (Å²) in [6.07, 6.45) is 21.1. The highest BCUT2D eigenvalue weighted by atomic mass is 16.5. The molecule has 0 saturated carbocycles. The number of hydrogen-bond donors (Lipinski definition) is 1. The third-order valence-corrected chi connectivity index (χ3v) is 5.46. The van der Waals surface area contributed by atoms with Gasteiger partial charge in [0.05, 0.1) is 7.11 Å². The minimum absolute atomic E-state index is 0.939. The molecule has 0 bridgehead atoms. The molecule has 1 rings (SSSR count). The molecular weight excluding hydrogens is 330 g/mol. The summed E-state index contributed by atoms with van der Waals surface area (Å²) in [7, 11) is 1.72. The van der Waals surface area contributed by atoms with E-state index in [1.807, 2.05) is 12.1 Å². The Morgan fingerprint density at radius 3 is 1.59 bits per heavy atom. The summed E-state index contributed by atoms with van der Waals surface area (Å²) in [5.74, 6) is 0.939. The molecule has 1 aromatic carbocycles. The van der Waals surface area contributed by atoms with Crippen molar-refractivity contribution >= 4 is 0 Å².